The van der Waals surface area contributed by atoms with Gasteiger partial charge in [-0.2, -0.15) is 0 Å². The van der Waals surface area contributed by atoms with Gasteiger partial charge in [0.25, 0.3) is 0 Å². The van der Waals surface area contributed by atoms with Crippen molar-refractivity contribution in [1.29, 1.82) is 0 Å². The van der Waals surface area contributed by atoms with Crippen LogP contribution in [0.1, 0.15) is 24.8 Å². The first-order chi connectivity index (χ1) is 8.08. The highest BCUT2D eigenvalue weighted by Gasteiger charge is 2.43. The molecule has 1 aliphatic rings. The third-order valence-electron chi connectivity index (χ3n) is 3.00. The highest BCUT2D eigenvalue weighted by Crippen LogP contribution is 2.47. The van der Waals surface area contributed by atoms with E-state index in [1.807, 2.05) is 12.1 Å². The van der Waals surface area contributed by atoms with Crippen molar-refractivity contribution >= 4 is 21.8 Å². The van der Waals surface area contributed by atoms with Gasteiger partial charge in [-0.25, -0.2) is 0 Å². The van der Waals surface area contributed by atoms with Crippen LogP contribution < -0.4 is 5.32 Å². The highest BCUT2D eigenvalue weighted by molar-refractivity contribution is 9.10. The zero-order valence-corrected chi connectivity index (χ0v) is 11.3. The van der Waals surface area contributed by atoms with Gasteiger partial charge in [-0.3, -0.25) is 4.79 Å². The predicted molar refractivity (Wildman–Crippen MR) is 69.7 cm³/mol. The van der Waals surface area contributed by atoms with Crippen LogP contribution in [0.3, 0.4) is 0 Å². The molecule has 1 fully saturated rings. The Kier molecular flexibility index (Phi) is 3.84. The van der Waals surface area contributed by atoms with E-state index in [1.54, 1.807) is 6.92 Å². The Morgan fingerprint density at radius 2 is 2.18 bits per heavy atom. The molecule has 2 rings (SSSR count). The molecule has 92 valence electrons. The summed E-state index contributed by atoms with van der Waals surface area (Å²) in [5.41, 5.74) is 1.21. The lowest BCUT2D eigenvalue weighted by Gasteiger charge is -2.06. The molecule has 3 unspecified atom stereocenters. The van der Waals surface area contributed by atoms with Crippen molar-refractivity contribution in [2.45, 2.75) is 25.4 Å². The number of hydrogen-bond acceptors (Lipinski definition) is 2. The maximum absolute atomic E-state index is 11.7. The van der Waals surface area contributed by atoms with E-state index in [0.29, 0.717) is 12.5 Å². The highest BCUT2D eigenvalue weighted by atomic mass is 79.9. The second-order valence-electron chi connectivity index (χ2n) is 4.59. The molecule has 0 saturated heterocycles. The zero-order chi connectivity index (χ0) is 12.4. The van der Waals surface area contributed by atoms with Gasteiger partial charge in [0.05, 0.1) is 6.10 Å². The van der Waals surface area contributed by atoms with Crippen molar-refractivity contribution in [2.24, 2.45) is 5.92 Å². The molecule has 2 N–H and O–H groups in total. The van der Waals surface area contributed by atoms with Crippen LogP contribution in [-0.2, 0) is 4.79 Å². The molecule has 1 aromatic rings. The molecule has 1 aliphatic carbocycles. The Hall–Kier alpha value is -0.870. The first kappa shape index (κ1) is 12.6. The van der Waals surface area contributed by atoms with Gasteiger partial charge in [0, 0.05) is 16.9 Å². The van der Waals surface area contributed by atoms with Gasteiger partial charge in [0.2, 0.25) is 5.91 Å². The van der Waals surface area contributed by atoms with Crippen LogP contribution in [0.2, 0.25) is 0 Å². The lowest BCUT2D eigenvalue weighted by molar-refractivity contribution is -0.122. The summed E-state index contributed by atoms with van der Waals surface area (Å²) in [4.78, 5) is 11.7. The summed E-state index contributed by atoms with van der Waals surface area (Å²) >= 11 is 3.39. The van der Waals surface area contributed by atoms with E-state index in [0.717, 1.165) is 10.9 Å². The third kappa shape index (κ3) is 3.30. The Balaban J connectivity index is 1.87. The van der Waals surface area contributed by atoms with E-state index >= 15 is 0 Å². The zero-order valence-electron chi connectivity index (χ0n) is 9.69. The number of rotatable bonds is 4. The largest absolute Gasteiger partial charge is 0.392 e. The Morgan fingerprint density at radius 1 is 1.53 bits per heavy atom. The summed E-state index contributed by atoms with van der Waals surface area (Å²) in [5.74, 6) is 0.478. The average molecular weight is 298 g/mol. The standard InChI is InChI=1S/C13H16BrNO2/c1-8(16)7-15-13(17)12-6-11(12)9-2-4-10(14)5-3-9/h2-5,8,11-12,16H,6-7H2,1H3,(H,15,17). The molecular formula is C13H16BrNO2. The molecule has 3 atom stereocenters. The summed E-state index contributed by atoms with van der Waals surface area (Å²) in [5, 5.41) is 11.9. The normalized spacial score (nSPS) is 24.2. The number of hydrogen-bond donors (Lipinski definition) is 2. The Bertz CT molecular complexity index is 402. The number of aliphatic hydroxyl groups excluding tert-OH is 1. The number of halogens is 1. The molecule has 0 aliphatic heterocycles. The summed E-state index contributed by atoms with van der Waals surface area (Å²) in [6.45, 7) is 2.00. The SMILES string of the molecule is CC(O)CNC(=O)C1CC1c1ccc(Br)cc1. The minimum Gasteiger partial charge on any atom is -0.392 e. The van der Waals surface area contributed by atoms with E-state index < -0.39 is 6.10 Å². The van der Waals surface area contributed by atoms with Crippen LogP contribution in [0, 0.1) is 5.92 Å². The van der Waals surface area contributed by atoms with Gasteiger partial charge in [-0.05, 0) is 37.0 Å². The Labute approximate surface area is 109 Å². The lowest BCUT2D eigenvalue weighted by atomic mass is 10.1. The quantitative estimate of drug-likeness (QED) is 0.894. The van der Waals surface area contributed by atoms with Gasteiger partial charge in [0.15, 0.2) is 0 Å². The number of carbonyl (C=O) groups is 1. The second kappa shape index (κ2) is 5.19. The third-order valence-corrected chi connectivity index (χ3v) is 3.53. The summed E-state index contributed by atoms with van der Waals surface area (Å²) < 4.78 is 1.05. The number of nitrogens with one attached hydrogen (secondary N) is 1. The maximum atomic E-state index is 11.7. The van der Waals surface area contributed by atoms with E-state index in [4.69, 9.17) is 5.11 Å². The van der Waals surface area contributed by atoms with E-state index in [2.05, 4.69) is 33.4 Å². The molecular weight excluding hydrogens is 282 g/mol. The fourth-order valence-corrected chi connectivity index (χ4v) is 2.21. The monoisotopic (exact) mass is 297 g/mol. The topological polar surface area (TPSA) is 49.3 Å². The number of carbonyl (C=O) groups excluding carboxylic acids is 1. The van der Waals surface area contributed by atoms with E-state index in [-0.39, 0.29) is 11.8 Å². The molecule has 0 heterocycles. The van der Waals surface area contributed by atoms with Crippen LogP contribution in [0.5, 0.6) is 0 Å². The molecule has 3 nitrogen and oxygen atoms in total. The van der Waals surface area contributed by atoms with Crippen LogP contribution in [-0.4, -0.2) is 23.7 Å². The molecule has 1 amide bonds. The first-order valence-corrected chi connectivity index (χ1v) is 6.58. The number of aliphatic hydroxyl groups is 1. The first-order valence-electron chi connectivity index (χ1n) is 5.79. The van der Waals surface area contributed by atoms with Crippen LogP contribution in [0.4, 0.5) is 0 Å². The molecule has 17 heavy (non-hydrogen) atoms. The van der Waals surface area contributed by atoms with Gasteiger partial charge < -0.3 is 10.4 Å². The average Bonchev–Trinajstić information content (AvgIpc) is 3.07. The summed E-state index contributed by atoms with van der Waals surface area (Å²) in [6, 6.07) is 8.10. The van der Waals surface area contributed by atoms with Crippen molar-refractivity contribution in [2.75, 3.05) is 6.54 Å². The molecule has 0 radical (unpaired) electrons. The van der Waals surface area contributed by atoms with Crippen molar-refractivity contribution in [3.8, 4) is 0 Å². The molecule has 1 saturated carbocycles. The number of amides is 1. The minimum absolute atomic E-state index is 0.0545. The van der Waals surface area contributed by atoms with Crippen LogP contribution in [0.25, 0.3) is 0 Å². The molecule has 0 bridgehead atoms. The van der Waals surface area contributed by atoms with Crippen LogP contribution in [0.15, 0.2) is 28.7 Å². The predicted octanol–water partition coefficient (Wildman–Crippen LogP) is 2.05. The lowest BCUT2D eigenvalue weighted by Crippen LogP contribution is -2.31. The van der Waals surface area contributed by atoms with Gasteiger partial charge >= 0.3 is 0 Å². The second-order valence-corrected chi connectivity index (χ2v) is 5.51. The van der Waals surface area contributed by atoms with Gasteiger partial charge in [-0.15, -0.1) is 0 Å². The molecule has 4 heteroatoms. The van der Waals surface area contributed by atoms with Crippen molar-refractivity contribution < 1.29 is 9.90 Å². The summed E-state index contributed by atoms with van der Waals surface area (Å²) in [6.07, 6.45) is 0.427. The summed E-state index contributed by atoms with van der Waals surface area (Å²) in [7, 11) is 0. The van der Waals surface area contributed by atoms with Crippen LogP contribution >= 0.6 is 15.9 Å². The molecule has 0 aromatic heterocycles. The Morgan fingerprint density at radius 3 is 2.76 bits per heavy atom. The fourth-order valence-electron chi connectivity index (χ4n) is 1.94. The molecule has 0 spiro atoms. The maximum Gasteiger partial charge on any atom is 0.223 e. The van der Waals surface area contributed by atoms with Gasteiger partial charge in [-0.1, -0.05) is 28.1 Å². The van der Waals surface area contributed by atoms with Crippen molar-refractivity contribution in [3.63, 3.8) is 0 Å². The van der Waals surface area contributed by atoms with E-state index in [9.17, 15) is 4.79 Å². The fraction of sp³-hybridized carbons (Fsp3) is 0.462. The van der Waals surface area contributed by atoms with Crippen molar-refractivity contribution in [1.82, 2.24) is 5.32 Å². The van der Waals surface area contributed by atoms with Crippen molar-refractivity contribution in [3.05, 3.63) is 34.3 Å². The number of benzene rings is 1. The van der Waals surface area contributed by atoms with Gasteiger partial charge in [0.1, 0.15) is 0 Å². The molecule has 1 aromatic carbocycles. The smallest absolute Gasteiger partial charge is 0.223 e. The minimum atomic E-state index is -0.483. The van der Waals surface area contributed by atoms with E-state index in [1.165, 1.54) is 5.56 Å².